The SMILES string of the molecule is COc1ccc(OCC(C)NC(=O)CCc2ccc(OC)c(C)c2)cc1. The number of hydrogen-bond donors (Lipinski definition) is 1. The number of rotatable bonds is 9. The Morgan fingerprint density at radius 2 is 1.73 bits per heavy atom. The fourth-order valence-electron chi connectivity index (χ4n) is 2.64. The third-order valence-corrected chi connectivity index (χ3v) is 4.07. The van der Waals surface area contributed by atoms with E-state index in [1.807, 2.05) is 50.2 Å². The number of nitrogens with one attached hydrogen (secondary N) is 1. The molecule has 0 radical (unpaired) electrons. The van der Waals surface area contributed by atoms with Crippen LogP contribution < -0.4 is 19.5 Å². The van der Waals surface area contributed by atoms with Crippen molar-refractivity contribution in [3.63, 3.8) is 0 Å². The zero-order valence-corrected chi connectivity index (χ0v) is 15.9. The van der Waals surface area contributed by atoms with Crippen LogP contribution in [0.3, 0.4) is 0 Å². The van der Waals surface area contributed by atoms with Crippen LogP contribution in [0.15, 0.2) is 42.5 Å². The smallest absolute Gasteiger partial charge is 0.220 e. The van der Waals surface area contributed by atoms with Crippen LogP contribution in [0.25, 0.3) is 0 Å². The molecule has 0 aliphatic heterocycles. The molecular formula is C21H27NO4. The second-order valence-electron chi connectivity index (χ2n) is 6.26. The van der Waals surface area contributed by atoms with Gasteiger partial charge in [-0.25, -0.2) is 0 Å². The van der Waals surface area contributed by atoms with Crippen molar-refractivity contribution < 1.29 is 19.0 Å². The quantitative estimate of drug-likeness (QED) is 0.746. The molecule has 1 unspecified atom stereocenters. The number of carbonyl (C=O) groups excluding carboxylic acids is 1. The molecule has 0 fully saturated rings. The van der Waals surface area contributed by atoms with Gasteiger partial charge in [0.15, 0.2) is 0 Å². The predicted molar refractivity (Wildman–Crippen MR) is 102 cm³/mol. The monoisotopic (exact) mass is 357 g/mol. The van der Waals surface area contributed by atoms with Crippen molar-refractivity contribution in [3.8, 4) is 17.2 Å². The summed E-state index contributed by atoms with van der Waals surface area (Å²) < 4.78 is 16.1. The second kappa shape index (κ2) is 9.70. The number of methoxy groups -OCH3 is 2. The lowest BCUT2D eigenvalue weighted by molar-refractivity contribution is -0.121. The Labute approximate surface area is 155 Å². The van der Waals surface area contributed by atoms with Crippen LogP contribution in [-0.2, 0) is 11.2 Å². The van der Waals surface area contributed by atoms with Crippen molar-refractivity contribution in [1.29, 1.82) is 0 Å². The number of carbonyl (C=O) groups is 1. The predicted octanol–water partition coefficient (Wildman–Crippen LogP) is 3.53. The van der Waals surface area contributed by atoms with E-state index in [-0.39, 0.29) is 11.9 Å². The lowest BCUT2D eigenvalue weighted by Gasteiger charge is -2.15. The number of aryl methyl sites for hydroxylation is 2. The standard InChI is InChI=1S/C21H27NO4/c1-15-13-17(5-11-20(15)25-4)6-12-21(23)22-16(2)14-26-19-9-7-18(24-3)8-10-19/h5,7-11,13,16H,6,12,14H2,1-4H3,(H,22,23). The minimum absolute atomic E-state index is 0.0179. The maximum Gasteiger partial charge on any atom is 0.220 e. The summed E-state index contributed by atoms with van der Waals surface area (Å²) >= 11 is 0. The van der Waals surface area contributed by atoms with Crippen LogP contribution in [0.4, 0.5) is 0 Å². The van der Waals surface area contributed by atoms with Crippen molar-refractivity contribution in [2.75, 3.05) is 20.8 Å². The van der Waals surface area contributed by atoms with Crippen molar-refractivity contribution in [2.45, 2.75) is 32.7 Å². The Balaban J connectivity index is 1.73. The van der Waals surface area contributed by atoms with Gasteiger partial charge in [-0.2, -0.15) is 0 Å². The maximum absolute atomic E-state index is 12.1. The average molecular weight is 357 g/mol. The highest BCUT2D eigenvalue weighted by Gasteiger charge is 2.09. The van der Waals surface area contributed by atoms with Gasteiger partial charge < -0.3 is 19.5 Å². The van der Waals surface area contributed by atoms with Gasteiger partial charge in [0.05, 0.1) is 20.3 Å². The third-order valence-electron chi connectivity index (χ3n) is 4.07. The van der Waals surface area contributed by atoms with Gasteiger partial charge >= 0.3 is 0 Å². The van der Waals surface area contributed by atoms with Crippen LogP contribution in [0.1, 0.15) is 24.5 Å². The number of benzene rings is 2. The van der Waals surface area contributed by atoms with E-state index >= 15 is 0 Å². The molecule has 26 heavy (non-hydrogen) atoms. The van der Waals surface area contributed by atoms with E-state index in [0.717, 1.165) is 28.4 Å². The zero-order valence-electron chi connectivity index (χ0n) is 15.9. The number of hydrogen-bond acceptors (Lipinski definition) is 4. The number of amides is 1. The van der Waals surface area contributed by atoms with Gasteiger partial charge in [-0.05, 0) is 61.7 Å². The topological polar surface area (TPSA) is 56.8 Å². The lowest BCUT2D eigenvalue weighted by atomic mass is 10.1. The average Bonchev–Trinajstić information content (AvgIpc) is 2.65. The van der Waals surface area contributed by atoms with Crippen LogP contribution in [0, 0.1) is 6.92 Å². The summed E-state index contributed by atoms with van der Waals surface area (Å²) in [6, 6.07) is 13.3. The minimum atomic E-state index is -0.0674. The first-order valence-electron chi connectivity index (χ1n) is 8.71. The summed E-state index contributed by atoms with van der Waals surface area (Å²) in [6.07, 6.45) is 1.14. The Morgan fingerprint density at radius 1 is 1.04 bits per heavy atom. The van der Waals surface area contributed by atoms with Gasteiger partial charge in [0, 0.05) is 6.42 Å². The highest BCUT2D eigenvalue weighted by atomic mass is 16.5. The first-order valence-corrected chi connectivity index (χ1v) is 8.71. The van der Waals surface area contributed by atoms with Gasteiger partial charge in [0.25, 0.3) is 0 Å². The second-order valence-corrected chi connectivity index (χ2v) is 6.26. The van der Waals surface area contributed by atoms with E-state index in [2.05, 4.69) is 11.4 Å². The molecule has 0 aromatic heterocycles. The van der Waals surface area contributed by atoms with Gasteiger partial charge in [-0.1, -0.05) is 12.1 Å². The maximum atomic E-state index is 12.1. The summed E-state index contributed by atoms with van der Waals surface area (Å²) in [6.45, 7) is 4.35. The molecule has 0 aliphatic rings. The Kier molecular flexibility index (Phi) is 7.33. The molecule has 0 saturated carbocycles. The largest absolute Gasteiger partial charge is 0.497 e. The van der Waals surface area contributed by atoms with Crippen molar-refractivity contribution in [1.82, 2.24) is 5.32 Å². The molecule has 1 atom stereocenters. The molecule has 1 amide bonds. The Hall–Kier alpha value is -2.69. The minimum Gasteiger partial charge on any atom is -0.497 e. The summed E-state index contributed by atoms with van der Waals surface area (Å²) in [5.41, 5.74) is 2.20. The summed E-state index contributed by atoms with van der Waals surface area (Å²) in [4.78, 5) is 12.1. The zero-order chi connectivity index (χ0) is 18.9. The first-order chi connectivity index (χ1) is 12.5. The fraction of sp³-hybridized carbons (Fsp3) is 0.381. The molecule has 140 valence electrons. The van der Waals surface area contributed by atoms with E-state index in [0.29, 0.717) is 19.4 Å². The number of ether oxygens (including phenoxy) is 3. The van der Waals surface area contributed by atoms with Crippen molar-refractivity contribution >= 4 is 5.91 Å². The summed E-state index contributed by atoms with van der Waals surface area (Å²) in [7, 11) is 3.28. The molecular weight excluding hydrogens is 330 g/mol. The molecule has 1 N–H and O–H groups in total. The molecule has 5 heteroatoms. The lowest BCUT2D eigenvalue weighted by Crippen LogP contribution is -2.36. The molecule has 5 nitrogen and oxygen atoms in total. The first kappa shape index (κ1) is 19.6. The Morgan fingerprint density at radius 3 is 2.35 bits per heavy atom. The Bertz CT molecular complexity index is 712. The van der Waals surface area contributed by atoms with E-state index in [9.17, 15) is 4.79 Å². The molecule has 2 aromatic carbocycles. The molecule has 0 spiro atoms. The highest BCUT2D eigenvalue weighted by molar-refractivity contribution is 5.76. The van der Waals surface area contributed by atoms with Gasteiger partial charge in [-0.3, -0.25) is 4.79 Å². The highest BCUT2D eigenvalue weighted by Crippen LogP contribution is 2.19. The van der Waals surface area contributed by atoms with Crippen LogP contribution >= 0.6 is 0 Å². The fourth-order valence-corrected chi connectivity index (χ4v) is 2.64. The molecule has 0 bridgehead atoms. The van der Waals surface area contributed by atoms with Crippen LogP contribution in [0.5, 0.6) is 17.2 Å². The van der Waals surface area contributed by atoms with Gasteiger partial charge in [-0.15, -0.1) is 0 Å². The molecule has 2 aromatic rings. The van der Waals surface area contributed by atoms with E-state index in [1.165, 1.54) is 0 Å². The van der Waals surface area contributed by atoms with E-state index in [4.69, 9.17) is 14.2 Å². The molecule has 0 saturated heterocycles. The van der Waals surface area contributed by atoms with Crippen LogP contribution in [0.2, 0.25) is 0 Å². The third kappa shape index (κ3) is 5.99. The molecule has 0 aliphatic carbocycles. The summed E-state index contributed by atoms with van der Waals surface area (Å²) in [5.74, 6) is 2.42. The molecule has 2 rings (SSSR count). The van der Waals surface area contributed by atoms with E-state index in [1.54, 1.807) is 14.2 Å². The van der Waals surface area contributed by atoms with Crippen LogP contribution in [-0.4, -0.2) is 32.8 Å². The van der Waals surface area contributed by atoms with Crippen molar-refractivity contribution in [2.24, 2.45) is 0 Å². The molecule has 0 heterocycles. The van der Waals surface area contributed by atoms with E-state index < -0.39 is 0 Å². The normalized spacial score (nSPS) is 11.5. The summed E-state index contributed by atoms with van der Waals surface area (Å²) in [5, 5.41) is 2.97. The van der Waals surface area contributed by atoms with Gasteiger partial charge in [0.1, 0.15) is 23.9 Å². The van der Waals surface area contributed by atoms with Gasteiger partial charge in [0.2, 0.25) is 5.91 Å². The van der Waals surface area contributed by atoms with Crippen molar-refractivity contribution in [3.05, 3.63) is 53.6 Å².